The maximum Gasteiger partial charge on any atom is 0.289 e. The van der Waals surface area contributed by atoms with Gasteiger partial charge in [-0.25, -0.2) is 0 Å². The molecule has 1 N–H and O–H groups in total. The van der Waals surface area contributed by atoms with Gasteiger partial charge in [0.05, 0.1) is 25.4 Å². The number of benzene rings is 1. The number of piperidine rings is 1. The summed E-state index contributed by atoms with van der Waals surface area (Å²) in [5.41, 5.74) is 0.665. The standard InChI is InChI=1S/C20H22N2O5/c23-19(21-15-6-7-16-18(12-15)27-11-3-10-25-16)14-4-1-8-22(13-14)20(24)17-5-2-9-26-17/h2,5-7,9,12,14H,1,3-4,8,10-11,13H2,(H,21,23). The Morgan fingerprint density at radius 3 is 2.74 bits per heavy atom. The third-order valence-electron chi connectivity index (χ3n) is 4.83. The Bertz CT molecular complexity index is 818. The molecule has 27 heavy (non-hydrogen) atoms. The molecule has 2 aliphatic rings. The summed E-state index contributed by atoms with van der Waals surface area (Å²) in [6, 6.07) is 8.73. The van der Waals surface area contributed by atoms with Crippen LogP contribution in [0.15, 0.2) is 41.0 Å². The number of hydrogen-bond donors (Lipinski definition) is 1. The Balaban J connectivity index is 1.40. The fraction of sp³-hybridized carbons (Fsp3) is 0.400. The van der Waals surface area contributed by atoms with E-state index in [1.165, 1.54) is 6.26 Å². The van der Waals surface area contributed by atoms with Crippen molar-refractivity contribution in [1.29, 1.82) is 0 Å². The number of hydrogen-bond acceptors (Lipinski definition) is 5. The van der Waals surface area contributed by atoms with Crippen LogP contribution in [0, 0.1) is 5.92 Å². The number of carbonyl (C=O) groups is 2. The van der Waals surface area contributed by atoms with E-state index < -0.39 is 0 Å². The van der Waals surface area contributed by atoms with Gasteiger partial charge in [-0.05, 0) is 37.1 Å². The van der Waals surface area contributed by atoms with Gasteiger partial charge >= 0.3 is 0 Å². The highest BCUT2D eigenvalue weighted by Gasteiger charge is 2.30. The molecule has 1 unspecified atom stereocenters. The smallest absolute Gasteiger partial charge is 0.289 e. The van der Waals surface area contributed by atoms with Crippen molar-refractivity contribution >= 4 is 17.5 Å². The molecule has 1 aromatic heterocycles. The van der Waals surface area contributed by atoms with Crippen molar-refractivity contribution < 1.29 is 23.5 Å². The molecule has 3 heterocycles. The number of likely N-dealkylation sites (tertiary alicyclic amines) is 1. The van der Waals surface area contributed by atoms with Crippen molar-refractivity contribution in [1.82, 2.24) is 4.90 Å². The SMILES string of the molecule is O=C(Nc1ccc2c(c1)OCCCO2)C1CCCN(C(=O)c2ccco2)C1. The number of nitrogens with zero attached hydrogens (tertiary/aromatic N) is 1. The summed E-state index contributed by atoms with van der Waals surface area (Å²) < 4.78 is 16.5. The maximum atomic E-state index is 12.7. The first-order valence-electron chi connectivity index (χ1n) is 9.24. The van der Waals surface area contributed by atoms with Crippen LogP contribution in [0.2, 0.25) is 0 Å². The quantitative estimate of drug-likeness (QED) is 0.898. The molecule has 0 spiro atoms. The van der Waals surface area contributed by atoms with Crippen LogP contribution >= 0.6 is 0 Å². The van der Waals surface area contributed by atoms with Crippen LogP contribution in [0.4, 0.5) is 5.69 Å². The summed E-state index contributed by atoms with van der Waals surface area (Å²) in [5.74, 6) is 1.11. The minimum atomic E-state index is -0.256. The number of nitrogens with one attached hydrogen (secondary N) is 1. The van der Waals surface area contributed by atoms with Crippen LogP contribution in [0.5, 0.6) is 11.5 Å². The van der Waals surface area contributed by atoms with Crippen LogP contribution in [0.1, 0.15) is 29.8 Å². The summed E-state index contributed by atoms with van der Waals surface area (Å²) in [4.78, 5) is 26.8. The number of carbonyl (C=O) groups excluding carboxylic acids is 2. The van der Waals surface area contributed by atoms with Gasteiger partial charge in [-0.15, -0.1) is 0 Å². The topological polar surface area (TPSA) is 81.0 Å². The van der Waals surface area contributed by atoms with Gasteiger partial charge in [0.25, 0.3) is 5.91 Å². The van der Waals surface area contributed by atoms with E-state index >= 15 is 0 Å². The van der Waals surface area contributed by atoms with Crippen LogP contribution in [0.3, 0.4) is 0 Å². The summed E-state index contributed by atoms with van der Waals surface area (Å²) in [5, 5.41) is 2.94. The number of rotatable bonds is 3. The van der Waals surface area contributed by atoms with Gasteiger partial charge in [-0.1, -0.05) is 0 Å². The molecule has 0 aliphatic carbocycles. The van der Waals surface area contributed by atoms with E-state index in [4.69, 9.17) is 13.9 Å². The lowest BCUT2D eigenvalue weighted by Gasteiger charge is -2.31. The fourth-order valence-corrected chi connectivity index (χ4v) is 3.42. The molecule has 2 aromatic rings. The van der Waals surface area contributed by atoms with Crippen molar-refractivity contribution in [3.05, 3.63) is 42.4 Å². The van der Waals surface area contributed by atoms with Crippen molar-refractivity contribution in [2.24, 2.45) is 5.92 Å². The van der Waals surface area contributed by atoms with E-state index in [0.29, 0.717) is 49.2 Å². The average molecular weight is 370 g/mol. The molecule has 1 aromatic carbocycles. The molecule has 142 valence electrons. The highest BCUT2D eigenvalue weighted by molar-refractivity contribution is 5.95. The average Bonchev–Trinajstić information content (AvgIpc) is 3.13. The summed E-state index contributed by atoms with van der Waals surface area (Å²) in [6.45, 7) is 2.24. The highest BCUT2D eigenvalue weighted by atomic mass is 16.5. The first-order chi connectivity index (χ1) is 13.2. The molecule has 0 radical (unpaired) electrons. The minimum Gasteiger partial charge on any atom is -0.490 e. The predicted octanol–water partition coefficient (Wildman–Crippen LogP) is 2.93. The van der Waals surface area contributed by atoms with Crippen LogP contribution < -0.4 is 14.8 Å². The van der Waals surface area contributed by atoms with Gasteiger partial charge in [0.1, 0.15) is 0 Å². The molecule has 2 aliphatic heterocycles. The Morgan fingerprint density at radius 1 is 1.07 bits per heavy atom. The van der Waals surface area contributed by atoms with Crippen molar-refractivity contribution in [2.75, 3.05) is 31.6 Å². The second kappa shape index (κ2) is 7.73. The molecule has 1 saturated heterocycles. The Labute approximate surface area is 157 Å². The molecule has 0 saturated carbocycles. The van der Waals surface area contributed by atoms with Crippen LogP contribution in [-0.2, 0) is 4.79 Å². The number of fused-ring (bicyclic) bond motifs is 1. The predicted molar refractivity (Wildman–Crippen MR) is 98.0 cm³/mol. The number of ether oxygens (including phenoxy) is 2. The Hall–Kier alpha value is -2.96. The van der Waals surface area contributed by atoms with Gasteiger partial charge in [0.15, 0.2) is 17.3 Å². The van der Waals surface area contributed by atoms with Gasteiger partial charge < -0.3 is 24.1 Å². The molecule has 0 bridgehead atoms. The van der Waals surface area contributed by atoms with Crippen LogP contribution in [-0.4, -0.2) is 43.0 Å². The first-order valence-corrected chi connectivity index (χ1v) is 9.24. The minimum absolute atomic E-state index is 0.0959. The molecular formula is C20H22N2O5. The third-order valence-corrected chi connectivity index (χ3v) is 4.83. The molecule has 1 atom stereocenters. The largest absolute Gasteiger partial charge is 0.490 e. The van der Waals surface area contributed by atoms with E-state index in [2.05, 4.69) is 5.32 Å². The van der Waals surface area contributed by atoms with Crippen molar-refractivity contribution in [3.8, 4) is 11.5 Å². The molecule has 1 fully saturated rings. The molecule has 7 nitrogen and oxygen atoms in total. The zero-order chi connectivity index (χ0) is 18.6. The zero-order valence-corrected chi connectivity index (χ0v) is 15.0. The Kier molecular flexibility index (Phi) is 5.00. The summed E-state index contributed by atoms with van der Waals surface area (Å²) >= 11 is 0. The molecule has 7 heteroatoms. The van der Waals surface area contributed by atoms with E-state index in [1.54, 1.807) is 29.2 Å². The third kappa shape index (κ3) is 3.92. The second-order valence-electron chi connectivity index (χ2n) is 6.77. The van der Waals surface area contributed by atoms with Gasteiger partial charge in [-0.3, -0.25) is 9.59 Å². The number of amides is 2. The summed E-state index contributed by atoms with van der Waals surface area (Å²) in [7, 11) is 0. The molecule has 4 rings (SSSR count). The van der Waals surface area contributed by atoms with Crippen molar-refractivity contribution in [3.63, 3.8) is 0 Å². The lowest BCUT2D eigenvalue weighted by Crippen LogP contribution is -2.43. The van der Waals surface area contributed by atoms with Gasteiger partial charge in [0, 0.05) is 31.3 Å². The molecular weight excluding hydrogens is 348 g/mol. The van der Waals surface area contributed by atoms with Crippen molar-refractivity contribution in [2.45, 2.75) is 19.3 Å². The lowest BCUT2D eigenvalue weighted by molar-refractivity contribution is -0.121. The number of anilines is 1. The Morgan fingerprint density at radius 2 is 1.93 bits per heavy atom. The normalized spacial score (nSPS) is 19.3. The summed E-state index contributed by atoms with van der Waals surface area (Å²) in [6.07, 6.45) is 3.84. The molecule has 2 amide bonds. The second-order valence-corrected chi connectivity index (χ2v) is 6.77. The fourth-order valence-electron chi connectivity index (χ4n) is 3.42. The zero-order valence-electron chi connectivity index (χ0n) is 15.0. The van der Waals surface area contributed by atoms with Gasteiger partial charge in [-0.2, -0.15) is 0 Å². The highest BCUT2D eigenvalue weighted by Crippen LogP contribution is 2.32. The van der Waals surface area contributed by atoms with Crippen LogP contribution in [0.25, 0.3) is 0 Å². The maximum absolute atomic E-state index is 12.7. The monoisotopic (exact) mass is 370 g/mol. The van der Waals surface area contributed by atoms with E-state index in [1.807, 2.05) is 6.07 Å². The van der Waals surface area contributed by atoms with Gasteiger partial charge in [0.2, 0.25) is 5.91 Å². The number of furan rings is 1. The first kappa shape index (κ1) is 17.5. The lowest BCUT2D eigenvalue weighted by atomic mass is 9.96. The van der Waals surface area contributed by atoms with E-state index in [-0.39, 0.29) is 17.7 Å². The van der Waals surface area contributed by atoms with E-state index in [9.17, 15) is 9.59 Å². The van der Waals surface area contributed by atoms with E-state index in [0.717, 1.165) is 19.3 Å².